The third kappa shape index (κ3) is 4.68. The zero-order valence-corrected chi connectivity index (χ0v) is 21.7. The highest BCUT2D eigenvalue weighted by molar-refractivity contribution is 7.22. The van der Waals surface area contributed by atoms with Gasteiger partial charge in [-0.05, 0) is 66.6 Å². The Balaban J connectivity index is 1.67. The van der Waals surface area contributed by atoms with Crippen molar-refractivity contribution in [3.63, 3.8) is 0 Å². The third-order valence-electron chi connectivity index (χ3n) is 5.85. The van der Waals surface area contributed by atoms with Crippen LogP contribution in [0.3, 0.4) is 0 Å². The van der Waals surface area contributed by atoms with Crippen molar-refractivity contribution in [3.05, 3.63) is 93.2 Å². The molecule has 2 heterocycles. The number of halogens is 3. The molecule has 10 heteroatoms. The van der Waals surface area contributed by atoms with Gasteiger partial charge in [0.1, 0.15) is 17.3 Å². The zero-order valence-electron chi connectivity index (χ0n) is 19.4. The summed E-state index contributed by atoms with van der Waals surface area (Å²) in [6.45, 7) is 2.53. The number of carbonyl (C=O) groups is 2. The number of hydrogen-bond donors (Lipinski definition) is 1. The monoisotopic (exact) mass is 556 g/mol. The van der Waals surface area contributed by atoms with Crippen molar-refractivity contribution in [2.75, 3.05) is 11.5 Å². The molecule has 1 saturated heterocycles. The Morgan fingerprint density at radius 1 is 1.08 bits per heavy atom. The third-order valence-corrected chi connectivity index (χ3v) is 7.61. The van der Waals surface area contributed by atoms with Crippen LogP contribution in [0.5, 0.6) is 5.75 Å². The molecule has 1 N–H and O–H groups in total. The van der Waals surface area contributed by atoms with Crippen molar-refractivity contribution in [2.24, 2.45) is 0 Å². The quantitative estimate of drug-likeness (QED) is 0.155. The highest BCUT2D eigenvalue weighted by Crippen LogP contribution is 2.45. The molecule has 1 unspecified atom stereocenters. The average molecular weight is 557 g/mol. The van der Waals surface area contributed by atoms with E-state index in [4.69, 9.17) is 27.9 Å². The highest BCUT2D eigenvalue weighted by Gasteiger charge is 2.48. The van der Waals surface area contributed by atoms with Crippen LogP contribution in [0, 0.1) is 5.82 Å². The van der Waals surface area contributed by atoms with Crippen LogP contribution in [0.4, 0.5) is 9.52 Å². The van der Waals surface area contributed by atoms with Gasteiger partial charge in [-0.2, -0.15) is 0 Å². The fourth-order valence-corrected chi connectivity index (χ4v) is 5.43. The summed E-state index contributed by atoms with van der Waals surface area (Å²) < 4.78 is 19.9. The number of carbonyl (C=O) groups excluding carboxylic acids is 2. The molecule has 1 aliphatic heterocycles. The number of hydrogen-bond acceptors (Lipinski definition) is 6. The number of anilines is 1. The van der Waals surface area contributed by atoms with Crippen molar-refractivity contribution >= 4 is 67.3 Å². The molecule has 6 nitrogen and oxygen atoms in total. The molecular weight excluding hydrogens is 538 g/mol. The van der Waals surface area contributed by atoms with E-state index in [1.54, 1.807) is 36.4 Å². The average Bonchev–Trinajstić information content (AvgIpc) is 3.42. The minimum Gasteiger partial charge on any atom is -0.507 e. The van der Waals surface area contributed by atoms with Crippen LogP contribution in [0.15, 0.2) is 66.2 Å². The molecular formula is C27H19Cl2FN2O4S. The molecule has 5 rings (SSSR count). The maximum atomic E-state index is 13.8. The normalized spacial score (nSPS) is 17.1. The van der Waals surface area contributed by atoms with Gasteiger partial charge in [-0.25, -0.2) is 9.37 Å². The van der Waals surface area contributed by atoms with Crippen molar-refractivity contribution < 1.29 is 23.8 Å². The fourth-order valence-electron chi connectivity index (χ4n) is 4.10. The molecule has 4 aromatic rings. The molecule has 1 fully saturated rings. The summed E-state index contributed by atoms with van der Waals surface area (Å²) in [4.78, 5) is 32.4. The first-order valence-electron chi connectivity index (χ1n) is 11.3. The second-order valence-corrected chi connectivity index (χ2v) is 10.1. The predicted molar refractivity (Wildman–Crippen MR) is 143 cm³/mol. The second kappa shape index (κ2) is 10.1. The van der Waals surface area contributed by atoms with Crippen LogP contribution in [0.25, 0.3) is 16.0 Å². The van der Waals surface area contributed by atoms with Gasteiger partial charge < -0.3 is 9.84 Å². The molecule has 1 amide bonds. The fraction of sp³-hybridized carbons (Fsp3) is 0.148. The van der Waals surface area contributed by atoms with Crippen LogP contribution < -0.4 is 9.64 Å². The van der Waals surface area contributed by atoms with Crippen molar-refractivity contribution in [3.8, 4) is 5.75 Å². The van der Waals surface area contributed by atoms with Gasteiger partial charge in [0.05, 0.1) is 38.5 Å². The Kier molecular flexibility index (Phi) is 6.90. The molecule has 0 aliphatic carbocycles. The van der Waals surface area contributed by atoms with E-state index in [1.165, 1.54) is 29.2 Å². The van der Waals surface area contributed by atoms with Gasteiger partial charge in [-0.3, -0.25) is 14.5 Å². The maximum Gasteiger partial charge on any atom is 0.301 e. The van der Waals surface area contributed by atoms with Crippen molar-refractivity contribution in [1.82, 2.24) is 4.98 Å². The van der Waals surface area contributed by atoms with Crippen LogP contribution in [0.2, 0.25) is 10.0 Å². The Hall–Kier alpha value is -3.46. The second-order valence-electron chi connectivity index (χ2n) is 8.32. The first-order chi connectivity index (χ1) is 17.8. The van der Waals surface area contributed by atoms with Crippen LogP contribution >= 0.6 is 34.5 Å². The smallest absolute Gasteiger partial charge is 0.301 e. The number of Topliss-reactive ketones (excluding diaryl/α,β-unsaturated/α-hetero) is 1. The first kappa shape index (κ1) is 25.2. The molecule has 1 aromatic heterocycles. The lowest BCUT2D eigenvalue weighted by molar-refractivity contribution is -0.132. The van der Waals surface area contributed by atoms with Gasteiger partial charge in [0.25, 0.3) is 5.78 Å². The first-order valence-corrected chi connectivity index (χ1v) is 12.9. The Morgan fingerprint density at radius 2 is 1.84 bits per heavy atom. The number of nitrogens with zero attached hydrogens (tertiary/aromatic N) is 2. The Morgan fingerprint density at radius 3 is 2.54 bits per heavy atom. The zero-order chi connectivity index (χ0) is 26.3. The lowest BCUT2D eigenvalue weighted by atomic mass is 9.95. The molecule has 1 aliphatic rings. The van der Waals surface area contributed by atoms with E-state index in [0.717, 1.165) is 17.8 Å². The molecule has 0 saturated carbocycles. The molecule has 188 valence electrons. The predicted octanol–water partition coefficient (Wildman–Crippen LogP) is 7.16. The number of amides is 1. The van der Waals surface area contributed by atoms with E-state index in [1.807, 2.05) is 6.92 Å². The van der Waals surface area contributed by atoms with E-state index in [0.29, 0.717) is 38.7 Å². The van der Waals surface area contributed by atoms with E-state index >= 15 is 0 Å². The summed E-state index contributed by atoms with van der Waals surface area (Å²) >= 11 is 13.5. The summed E-state index contributed by atoms with van der Waals surface area (Å²) in [5, 5.41) is 12.0. The van der Waals surface area contributed by atoms with Crippen molar-refractivity contribution in [2.45, 2.75) is 19.4 Å². The molecule has 1 atom stereocenters. The number of benzene rings is 3. The Labute approximate surface area is 225 Å². The van der Waals surface area contributed by atoms with E-state index in [9.17, 15) is 19.1 Å². The van der Waals surface area contributed by atoms with Gasteiger partial charge in [0, 0.05) is 5.56 Å². The van der Waals surface area contributed by atoms with Gasteiger partial charge in [0.2, 0.25) is 0 Å². The summed E-state index contributed by atoms with van der Waals surface area (Å²) in [6, 6.07) is 14.3. The molecule has 0 bridgehead atoms. The van der Waals surface area contributed by atoms with E-state index in [2.05, 4.69) is 4.98 Å². The summed E-state index contributed by atoms with van der Waals surface area (Å²) in [6.07, 6.45) is 0.841. The lowest BCUT2D eigenvalue weighted by Gasteiger charge is -2.23. The summed E-state index contributed by atoms with van der Waals surface area (Å²) in [5.41, 5.74) is 1.12. The number of fused-ring (bicyclic) bond motifs is 1. The number of thiazole rings is 1. The van der Waals surface area contributed by atoms with E-state index < -0.39 is 23.5 Å². The van der Waals surface area contributed by atoms with Gasteiger partial charge in [-0.15, -0.1) is 0 Å². The maximum absolute atomic E-state index is 13.8. The SMILES string of the molecule is CCCOc1ccc(/C(O)=C2\C(=O)C(=O)N(c3nc4ccc(F)cc4s3)C2c2ccc(Cl)c(Cl)c2)cc1. The van der Waals surface area contributed by atoms with Crippen LogP contribution in [-0.2, 0) is 9.59 Å². The summed E-state index contributed by atoms with van der Waals surface area (Å²) in [7, 11) is 0. The number of ketones is 1. The number of aliphatic hydroxyl groups excluding tert-OH is 1. The molecule has 0 spiro atoms. The highest BCUT2D eigenvalue weighted by atomic mass is 35.5. The lowest BCUT2D eigenvalue weighted by Crippen LogP contribution is -2.29. The number of aromatic nitrogens is 1. The minimum absolute atomic E-state index is 0.129. The summed E-state index contributed by atoms with van der Waals surface area (Å²) in [5.74, 6) is -1.95. The number of ether oxygens (including phenoxy) is 1. The molecule has 3 aromatic carbocycles. The number of aliphatic hydroxyl groups is 1. The van der Waals surface area contributed by atoms with Crippen molar-refractivity contribution in [1.29, 1.82) is 0 Å². The van der Waals surface area contributed by atoms with Gasteiger partial charge in [0.15, 0.2) is 5.13 Å². The van der Waals surface area contributed by atoms with Gasteiger partial charge >= 0.3 is 5.91 Å². The standard InChI is InChI=1S/C27H19Cl2FN2O4S/c1-2-11-36-17-7-3-14(4-8-17)24(33)22-23(15-5-9-18(28)19(29)12-15)32(26(35)25(22)34)27-31-20-10-6-16(30)13-21(20)37-27/h3-10,12-13,23,33H,2,11H2,1H3/b24-22+. The van der Waals surface area contributed by atoms with E-state index in [-0.39, 0.29) is 21.5 Å². The number of rotatable bonds is 6. The van der Waals surface area contributed by atoms with Crippen LogP contribution in [-0.4, -0.2) is 28.4 Å². The Bertz CT molecular complexity index is 1570. The van der Waals surface area contributed by atoms with Crippen LogP contribution in [0.1, 0.15) is 30.5 Å². The minimum atomic E-state index is -1.05. The molecule has 0 radical (unpaired) electrons. The molecule has 37 heavy (non-hydrogen) atoms. The topological polar surface area (TPSA) is 79.7 Å². The largest absolute Gasteiger partial charge is 0.507 e. The van der Waals surface area contributed by atoms with Gasteiger partial charge in [-0.1, -0.05) is 47.5 Å².